The molecule has 0 bridgehead atoms. The Balaban J connectivity index is 1.75. The highest BCUT2D eigenvalue weighted by Gasteiger charge is 2.68. The lowest BCUT2D eigenvalue weighted by Gasteiger charge is -2.42. The highest BCUT2D eigenvalue weighted by atomic mass is 16.5. The van der Waals surface area contributed by atoms with Gasteiger partial charge in [-0.1, -0.05) is 47.5 Å². The van der Waals surface area contributed by atoms with Crippen LogP contribution in [0.1, 0.15) is 73.1 Å². The zero-order chi connectivity index (χ0) is 15.3. The van der Waals surface area contributed by atoms with Crippen LogP contribution in [-0.2, 0) is 4.74 Å². The molecule has 2 atom stereocenters. The molecule has 0 radical (unpaired) electrons. The Morgan fingerprint density at radius 3 is 2.24 bits per heavy atom. The van der Waals surface area contributed by atoms with E-state index in [1.807, 2.05) is 0 Å². The van der Waals surface area contributed by atoms with Crippen molar-refractivity contribution >= 4 is 0 Å². The molecular weight excluding hydrogens is 258 g/mol. The quantitative estimate of drug-likeness (QED) is 0.830. The Bertz CT molecular complexity index is 367. The zero-order valence-corrected chi connectivity index (χ0v) is 14.8. The van der Waals surface area contributed by atoms with Gasteiger partial charge in [-0.05, 0) is 54.9 Å². The molecule has 3 fully saturated rings. The van der Waals surface area contributed by atoms with Gasteiger partial charge in [-0.25, -0.2) is 0 Å². The van der Waals surface area contributed by atoms with Gasteiger partial charge in [-0.2, -0.15) is 0 Å². The van der Waals surface area contributed by atoms with E-state index in [-0.39, 0.29) is 5.60 Å². The third kappa shape index (κ3) is 2.47. The SMILES string of the molecule is CCNC(C1CCOC2(CCCC2)C1)C1C(C)(C)C1(C)C. The van der Waals surface area contributed by atoms with Gasteiger partial charge in [0.05, 0.1) is 5.60 Å². The number of hydrogen-bond acceptors (Lipinski definition) is 2. The first-order valence-corrected chi connectivity index (χ1v) is 9.21. The van der Waals surface area contributed by atoms with E-state index in [0.29, 0.717) is 16.9 Å². The van der Waals surface area contributed by atoms with Gasteiger partial charge in [0.25, 0.3) is 0 Å². The molecule has 2 aliphatic carbocycles. The summed E-state index contributed by atoms with van der Waals surface area (Å²) in [6.07, 6.45) is 7.91. The number of ether oxygens (including phenoxy) is 1. The lowest BCUT2D eigenvalue weighted by atomic mass is 9.77. The molecule has 3 aliphatic rings. The van der Waals surface area contributed by atoms with Gasteiger partial charge in [0.2, 0.25) is 0 Å². The molecule has 2 saturated carbocycles. The third-order valence-electron chi connectivity index (χ3n) is 7.49. The molecule has 0 aromatic rings. The monoisotopic (exact) mass is 293 g/mol. The van der Waals surface area contributed by atoms with Crippen LogP contribution in [0.25, 0.3) is 0 Å². The Hall–Kier alpha value is -0.0800. The highest BCUT2D eigenvalue weighted by molar-refractivity contribution is 5.17. The summed E-state index contributed by atoms with van der Waals surface area (Å²) in [7, 11) is 0. The van der Waals surface area contributed by atoms with Gasteiger partial charge in [0, 0.05) is 12.6 Å². The molecule has 2 heteroatoms. The van der Waals surface area contributed by atoms with Crippen LogP contribution >= 0.6 is 0 Å². The topological polar surface area (TPSA) is 21.3 Å². The fourth-order valence-corrected chi connectivity index (χ4v) is 5.68. The lowest BCUT2D eigenvalue weighted by molar-refractivity contribution is -0.0998. The van der Waals surface area contributed by atoms with Crippen LogP contribution in [0.4, 0.5) is 0 Å². The second-order valence-corrected chi connectivity index (χ2v) is 9.00. The molecule has 1 heterocycles. The highest BCUT2D eigenvalue weighted by Crippen LogP contribution is 2.70. The maximum absolute atomic E-state index is 6.26. The summed E-state index contributed by atoms with van der Waals surface area (Å²) >= 11 is 0. The van der Waals surface area contributed by atoms with Crippen molar-refractivity contribution in [3.8, 4) is 0 Å². The van der Waals surface area contributed by atoms with E-state index in [4.69, 9.17) is 4.74 Å². The number of rotatable bonds is 4. The minimum atomic E-state index is 0.250. The van der Waals surface area contributed by atoms with Gasteiger partial charge < -0.3 is 10.1 Å². The molecule has 1 spiro atoms. The lowest BCUT2D eigenvalue weighted by Crippen LogP contribution is -2.47. The summed E-state index contributed by atoms with van der Waals surface area (Å²) < 4.78 is 6.26. The Kier molecular flexibility index (Phi) is 3.94. The average Bonchev–Trinajstić information content (AvgIpc) is 2.76. The minimum absolute atomic E-state index is 0.250. The Morgan fingerprint density at radius 1 is 1.10 bits per heavy atom. The van der Waals surface area contributed by atoms with Crippen molar-refractivity contribution in [2.75, 3.05) is 13.2 Å². The molecule has 1 saturated heterocycles. The van der Waals surface area contributed by atoms with Crippen LogP contribution < -0.4 is 5.32 Å². The van der Waals surface area contributed by atoms with Crippen molar-refractivity contribution in [1.29, 1.82) is 0 Å². The van der Waals surface area contributed by atoms with Crippen molar-refractivity contribution in [3.63, 3.8) is 0 Å². The average molecular weight is 293 g/mol. The fourth-order valence-electron chi connectivity index (χ4n) is 5.68. The van der Waals surface area contributed by atoms with Crippen LogP contribution in [0.15, 0.2) is 0 Å². The Morgan fingerprint density at radius 2 is 1.71 bits per heavy atom. The standard InChI is InChI=1S/C19H35NO/c1-6-20-15(16-17(2,3)18(16,4)5)14-9-12-21-19(13-14)10-7-8-11-19/h14-16,20H,6-13H2,1-5H3. The van der Waals surface area contributed by atoms with Crippen molar-refractivity contribution in [2.45, 2.75) is 84.8 Å². The van der Waals surface area contributed by atoms with Crippen LogP contribution in [-0.4, -0.2) is 24.8 Å². The maximum atomic E-state index is 6.26. The summed E-state index contributed by atoms with van der Waals surface area (Å²) in [6, 6.07) is 0.682. The van der Waals surface area contributed by atoms with Crippen molar-refractivity contribution in [2.24, 2.45) is 22.7 Å². The molecule has 0 aromatic heterocycles. The zero-order valence-electron chi connectivity index (χ0n) is 14.8. The van der Waals surface area contributed by atoms with E-state index in [1.54, 1.807) is 0 Å². The molecule has 0 amide bonds. The van der Waals surface area contributed by atoms with Crippen molar-refractivity contribution in [1.82, 2.24) is 5.32 Å². The second kappa shape index (κ2) is 5.23. The van der Waals surface area contributed by atoms with Crippen LogP contribution in [0.3, 0.4) is 0 Å². The molecule has 21 heavy (non-hydrogen) atoms. The first-order chi connectivity index (χ1) is 9.84. The maximum Gasteiger partial charge on any atom is 0.0685 e. The van der Waals surface area contributed by atoms with E-state index in [1.165, 1.54) is 38.5 Å². The molecule has 122 valence electrons. The van der Waals surface area contributed by atoms with Gasteiger partial charge in [-0.3, -0.25) is 0 Å². The summed E-state index contributed by atoms with van der Waals surface area (Å²) in [6.45, 7) is 14.2. The van der Waals surface area contributed by atoms with E-state index in [0.717, 1.165) is 25.0 Å². The van der Waals surface area contributed by atoms with Gasteiger partial charge in [0.15, 0.2) is 0 Å². The van der Waals surface area contributed by atoms with Gasteiger partial charge in [-0.15, -0.1) is 0 Å². The first-order valence-electron chi connectivity index (χ1n) is 9.21. The summed E-state index contributed by atoms with van der Waals surface area (Å²) in [5.41, 5.74) is 1.20. The largest absolute Gasteiger partial charge is 0.375 e. The first kappa shape index (κ1) is 15.8. The van der Waals surface area contributed by atoms with Crippen molar-refractivity contribution < 1.29 is 4.74 Å². The smallest absolute Gasteiger partial charge is 0.0685 e. The molecule has 2 unspecified atom stereocenters. The summed E-state index contributed by atoms with van der Waals surface area (Å²) in [4.78, 5) is 0. The van der Waals surface area contributed by atoms with Crippen LogP contribution in [0, 0.1) is 22.7 Å². The van der Waals surface area contributed by atoms with Gasteiger partial charge in [0.1, 0.15) is 0 Å². The molecule has 1 N–H and O–H groups in total. The second-order valence-electron chi connectivity index (χ2n) is 9.00. The summed E-state index contributed by atoms with van der Waals surface area (Å²) in [5, 5.41) is 3.88. The molecule has 0 aromatic carbocycles. The van der Waals surface area contributed by atoms with E-state index < -0.39 is 0 Å². The normalized spacial score (nSPS) is 35.0. The van der Waals surface area contributed by atoms with Crippen LogP contribution in [0.5, 0.6) is 0 Å². The molecule has 2 nitrogen and oxygen atoms in total. The van der Waals surface area contributed by atoms with E-state index in [2.05, 4.69) is 39.9 Å². The predicted octanol–water partition coefficient (Wildman–Crippen LogP) is 4.39. The molecule has 3 rings (SSSR count). The Labute approximate surface area is 131 Å². The number of nitrogens with one attached hydrogen (secondary N) is 1. The summed E-state index contributed by atoms with van der Waals surface area (Å²) in [5.74, 6) is 1.62. The van der Waals surface area contributed by atoms with Crippen LogP contribution in [0.2, 0.25) is 0 Å². The third-order valence-corrected chi connectivity index (χ3v) is 7.49. The fraction of sp³-hybridized carbons (Fsp3) is 1.00. The van der Waals surface area contributed by atoms with E-state index in [9.17, 15) is 0 Å². The molecular formula is C19H35NO. The molecule has 1 aliphatic heterocycles. The van der Waals surface area contributed by atoms with Gasteiger partial charge >= 0.3 is 0 Å². The van der Waals surface area contributed by atoms with E-state index >= 15 is 0 Å². The number of hydrogen-bond donors (Lipinski definition) is 1. The minimum Gasteiger partial charge on any atom is -0.375 e. The predicted molar refractivity (Wildman–Crippen MR) is 88.4 cm³/mol. The van der Waals surface area contributed by atoms with Crippen molar-refractivity contribution in [3.05, 3.63) is 0 Å².